The van der Waals surface area contributed by atoms with E-state index in [4.69, 9.17) is 5.11 Å². The molecule has 0 aliphatic carbocycles. The highest BCUT2D eigenvalue weighted by atomic mass is 16.6. The molecule has 1 aromatic carbocycles. The second kappa shape index (κ2) is 3.08. The predicted molar refractivity (Wildman–Crippen MR) is 48.6 cm³/mol. The number of hydrogen-bond donors (Lipinski definition) is 1. The van der Waals surface area contributed by atoms with Crippen LogP contribution in [-0.4, -0.2) is 19.8 Å². The summed E-state index contributed by atoms with van der Waals surface area (Å²) in [5, 5.41) is 23.9. The number of benzene rings is 1. The Morgan fingerprint density at radius 2 is 2.36 bits per heavy atom. The molecule has 0 aliphatic heterocycles. The third-order valence-electron chi connectivity index (χ3n) is 1.89. The van der Waals surface area contributed by atoms with Crippen molar-refractivity contribution in [1.29, 1.82) is 0 Å². The van der Waals surface area contributed by atoms with Gasteiger partial charge in [-0.1, -0.05) is 0 Å². The number of fused-ring (bicyclic) bond motifs is 1. The number of rotatable bonds is 2. The molecular weight excluding hydrogens is 186 g/mol. The Kier molecular flexibility index (Phi) is 1.90. The highest BCUT2D eigenvalue weighted by molar-refractivity contribution is 5.80. The van der Waals surface area contributed by atoms with Crippen LogP contribution in [0, 0.1) is 10.1 Å². The molecule has 0 unspecified atom stereocenters. The number of aliphatic hydroxyl groups is 1. The van der Waals surface area contributed by atoms with Crippen molar-refractivity contribution >= 4 is 16.6 Å². The first-order valence-electron chi connectivity index (χ1n) is 3.93. The van der Waals surface area contributed by atoms with Crippen LogP contribution >= 0.6 is 0 Å². The van der Waals surface area contributed by atoms with E-state index in [0.29, 0.717) is 5.52 Å². The summed E-state index contributed by atoms with van der Waals surface area (Å²) in [6.45, 7) is -0.234. The first-order valence-corrected chi connectivity index (χ1v) is 3.93. The average Bonchev–Trinajstić information content (AvgIpc) is 2.58. The molecule has 0 fully saturated rings. The van der Waals surface area contributed by atoms with Gasteiger partial charge in [0.25, 0.3) is 5.69 Å². The van der Waals surface area contributed by atoms with Crippen LogP contribution in [0.2, 0.25) is 0 Å². The fourth-order valence-electron chi connectivity index (χ4n) is 1.24. The molecular formula is C8H7N3O3. The average molecular weight is 193 g/mol. The topological polar surface area (TPSA) is 81.2 Å². The van der Waals surface area contributed by atoms with Gasteiger partial charge in [0.05, 0.1) is 10.4 Å². The van der Waals surface area contributed by atoms with E-state index in [9.17, 15) is 10.1 Å². The summed E-state index contributed by atoms with van der Waals surface area (Å²) in [6, 6.07) is 4.39. The minimum atomic E-state index is -0.475. The van der Waals surface area contributed by atoms with Crippen molar-refractivity contribution in [1.82, 2.24) is 9.78 Å². The molecule has 1 heterocycles. The normalized spacial score (nSPS) is 10.6. The molecule has 2 rings (SSSR count). The molecule has 14 heavy (non-hydrogen) atoms. The largest absolute Gasteiger partial charge is 0.374 e. The van der Waals surface area contributed by atoms with Crippen molar-refractivity contribution in [3.8, 4) is 0 Å². The van der Waals surface area contributed by atoms with E-state index in [2.05, 4.69) is 5.10 Å². The number of aliphatic hydroxyl groups excluding tert-OH is 1. The Morgan fingerprint density at radius 1 is 1.57 bits per heavy atom. The summed E-state index contributed by atoms with van der Waals surface area (Å²) in [5.74, 6) is 0. The van der Waals surface area contributed by atoms with E-state index >= 15 is 0 Å². The Morgan fingerprint density at radius 3 is 3.00 bits per heavy atom. The van der Waals surface area contributed by atoms with Gasteiger partial charge < -0.3 is 5.11 Å². The highest BCUT2D eigenvalue weighted by Gasteiger charge is 2.08. The van der Waals surface area contributed by atoms with Crippen molar-refractivity contribution in [3.05, 3.63) is 34.5 Å². The molecule has 1 N–H and O–H groups in total. The highest BCUT2D eigenvalue weighted by Crippen LogP contribution is 2.18. The molecule has 0 saturated carbocycles. The molecule has 72 valence electrons. The molecule has 2 aromatic rings. The zero-order valence-corrected chi connectivity index (χ0v) is 7.12. The maximum Gasteiger partial charge on any atom is 0.271 e. The number of aromatic nitrogens is 2. The second-order valence-corrected chi connectivity index (χ2v) is 2.81. The fraction of sp³-hybridized carbons (Fsp3) is 0.125. The van der Waals surface area contributed by atoms with Gasteiger partial charge in [-0.25, -0.2) is 4.68 Å². The van der Waals surface area contributed by atoms with Gasteiger partial charge in [-0.2, -0.15) is 5.10 Å². The van der Waals surface area contributed by atoms with Crippen LogP contribution in [0.25, 0.3) is 10.9 Å². The van der Waals surface area contributed by atoms with E-state index in [-0.39, 0.29) is 12.4 Å². The standard InChI is InChI=1S/C8H7N3O3/c12-5-10-4-6-1-2-7(11(13)14)3-8(6)9-10/h1-4,12H,5H2. The second-order valence-electron chi connectivity index (χ2n) is 2.81. The number of hydrogen-bond acceptors (Lipinski definition) is 4. The van der Waals surface area contributed by atoms with Crippen LogP contribution in [0.5, 0.6) is 0 Å². The Labute approximate surface area is 78.5 Å². The Balaban J connectivity index is 2.59. The van der Waals surface area contributed by atoms with Gasteiger partial charge in [-0.15, -0.1) is 0 Å². The van der Waals surface area contributed by atoms with Crippen LogP contribution in [0.15, 0.2) is 24.4 Å². The molecule has 0 amide bonds. The van der Waals surface area contributed by atoms with Gasteiger partial charge >= 0.3 is 0 Å². The van der Waals surface area contributed by atoms with Crippen molar-refractivity contribution < 1.29 is 10.0 Å². The smallest absolute Gasteiger partial charge is 0.271 e. The number of nitro groups is 1. The Hall–Kier alpha value is -1.95. The van der Waals surface area contributed by atoms with Crippen LogP contribution in [0.4, 0.5) is 5.69 Å². The molecule has 0 bridgehead atoms. The maximum atomic E-state index is 10.4. The SMILES string of the molecule is O=[N+]([O-])c1ccc2cn(CO)nc2c1. The molecule has 1 aromatic heterocycles. The van der Waals surface area contributed by atoms with E-state index in [1.807, 2.05) is 0 Å². The zero-order valence-electron chi connectivity index (χ0n) is 7.12. The summed E-state index contributed by atoms with van der Waals surface area (Å²) in [7, 11) is 0. The summed E-state index contributed by atoms with van der Waals surface area (Å²) < 4.78 is 1.31. The summed E-state index contributed by atoms with van der Waals surface area (Å²) in [5.41, 5.74) is 0.508. The lowest BCUT2D eigenvalue weighted by atomic mass is 10.2. The van der Waals surface area contributed by atoms with E-state index in [1.165, 1.54) is 16.8 Å². The van der Waals surface area contributed by atoms with Gasteiger partial charge in [-0.05, 0) is 6.07 Å². The minimum Gasteiger partial charge on any atom is -0.374 e. The molecule has 0 radical (unpaired) electrons. The lowest BCUT2D eigenvalue weighted by molar-refractivity contribution is -0.384. The quantitative estimate of drug-likeness (QED) is 0.567. The molecule has 0 spiro atoms. The van der Waals surface area contributed by atoms with E-state index in [0.717, 1.165) is 5.39 Å². The van der Waals surface area contributed by atoms with E-state index < -0.39 is 4.92 Å². The van der Waals surface area contributed by atoms with Gasteiger partial charge in [0, 0.05) is 23.7 Å². The van der Waals surface area contributed by atoms with Crippen molar-refractivity contribution in [2.24, 2.45) is 0 Å². The molecule has 0 atom stereocenters. The van der Waals surface area contributed by atoms with E-state index in [1.54, 1.807) is 12.3 Å². The summed E-state index contributed by atoms with van der Waals surface area (Å²) in [6.07, 6.45) is 1.62. The van der Waals surface area contributed by atoms with Crippen molar-refractivity contribution in [2.45, 2.75) is 6.73 Å². The third-order valence-corrected chi connectivity index (χ3v) is 1.89. The van der Waals surface area contributed by atoms with Gasteiger partial charge in [0.2, 0.25) is 0 Å². The minimum absolute atomic E-state index is 0.000639. The zero-order chi connectivity index (χ0) is 10.1. The third kappa shape index (κ3) is 1.31. The first kappa shape index (κ1) is 8.64. The van der Waals surface area contributed by atoms with Crippen molar-refractivity contribution in [3.63, 3.8) is 0 Å². The monoisotopic (exact) mass is 193 g/mol. The van der Waals surface area contributed by atoms with Crippen LogP contribution < -0.4 is 0 Å². The number of nitro benzene ring substituents is 1. The van der Waals surface area contributed by atoms with Crippen LogP contribution in [0.1, 0.15) is 0 Å². The van der Waals surface area contributed by atoms with Crippen molar-refractivity contribution in [2.75, 3.05) is 0 Å². The first-order chi connectivity index (χ1) is 6.70. The number of nitrogens with zero attached hydrogens (tertiary/aromatic N) is 3. The molecule has 0 saturated heterocycles. The molecule has 6 heteroatoms. The van der Waals surface area contributed by atoms with Gasteiger partial charge in [-0.3, -0.25) is 10.1 Å². The molecule has 6 nitrogen and oxygen atoms in total. The predicted octanol–water partition coefficient (Wildman–Crippen LogP) is 0.894. The summed E-state index contributed by atoms with van der Waals surface area (Å²) in [4.78, 5) is 9.97. The fourth-order valence-corrected chi connectivity index (χ4v) is 1.24. The number of non-ortho nitro benzene ring substituents is 1. The summed E-state index contributed by atoms with van der Waals surface area (Å²) >= 11 is 0. The lowest BCUT2D eigenvalue weighted by Gasteiger charge is -1.89. The van der Waals surface area contributed by atoms with Crippen LogP contribution in [0.3, 0.4) is 0 Å². The van der Waals surface area contributed by atoms with Crippen LogP contribution in [-0.2, 0) is 6.73 Å². The molecule has 0 aliphatic rings. The Bertz CT molecular complexity index is 492. The van der Waals surface area contributed by atoms with Gasteiger partial charge in [0.1, 0.15) is 6.73 Å². The maximum absolute atomic E-state index is 10.4. The lowest BCUT2D eigenvalue weighted by Crippen LogP contribution is -1.95. The van der Waals surface area contributed by atoms with Gasteiger partial charge in [0.15, 0.2) is 0 Å².